The molecule has 108 valence electrons. The smallest absolute Gasteiger partial charge is 0.282 e. The minimum Gasteiger partial charge on any atom is -0.383 e. The SMILES string of the molecule is COCCOCCCCNc1cnn(C)c(=O)c1Br. The van der Waals surface area contributed by atoms with Gasteiger partial charge in [0.05, 0.1) is 25.1 Å². The van der Waals surface area contributed by atoms with Crippen molar-refractivity contribution in [3.05, 3.63) is 21.0 Å². The largest absolute Gasteiger partial charge is 0.383 e. The highest BCUT2D eigenvalue weighted by molar-refractivity contribution is 9.10. The molecule has 0 aliphatic heterocycles. The van der Waals surface area contributed by atoms with Crippen LogP contribution in [0, 0.1) is 0 Å². The quantitative estimate of drug-likeness (QED) is 0.692. The van der Waals surface area contributed by atoms with E-state index in [0.29, 0.717) is 17.7 Å². The molecule has 0 spiro atoms. The van der Waals surface area contributed by atoms with Crippen molar-refractivity contribution in [3.63, 3.8) is 0 Å². The first-order valence-corrected chi connectivity index (χ1v) is 6.98. The molecule has 1 heterocycles. The van der Waals surface area contributed by atoms with Gasteiger partial charge in [-0.3, -0.25) is 4.79 Å². The van der Waals surface area contributed by atoms with Gasteiger partial charge in [0.25, 0.3) is 5.56 Å². The number of unbranched alkanes of at least 4 members (excludes halogenated alkanes) is 1. The first-order chi connectivity index (χ1) is 9.16. The number of anilines is 1. The normalized spacial score (nSPS) is 10.7. The fraction of sp³-hybridized carbons (Fsp3) is 0.667. The molecule has 0 radical (unpaired) electrons. The Morgan fingerprint density at radius 1 is 1.37 bits per heavy atom. The van der Waals surface area contributed by atoms with Gasteiger partial charge in [-0.05, 0) is 28.8 Å². The van der Waals surface area contributed by atoms with Gasteiger partial charge in [0.1, 0.15) is 4.47 Å². The van der Waals surface area contributed by atoms with Crippen LogP contribution in [0.25, 0.3) is 0 Å². The van der Waals surface area contributed by atoms with Gasteiger partial charge in [0.15, 0.2) is 0 Å². The number of hydrogen-bond donors (Lipinski definition) is 1. The molecule has 7 heteroatoms. The summed E-state index contributed by atoms with van der Waals surface area (Å²) in [6.45, 7) is 2.76. The molecule has 1 N–H and O–H groups in total. The van der Waals surface area contributed by atoms with Crippen LogP contribution in [-0.4, -0.2) is 43.3 Å². The Hall–Kier alpha value is -0.920. The monoisotopic (exact) mass is 333 g/mol. The zero-order valence-electron chi connectivity index (χ0n) is 11.3. The third-order valence-electron chi connectivity index (χ3n) is 2.54. The second kappa shape index (κ2) is 9.06. The standard InChI is InChI=1S/C12H20BrN3O3/c1-16-12(17)11(13)10(9-15-16)14-5-3-4-6-19-8-7-18-2/h9,14H,3-8H2,1-2H3. The van der Waals surface area contributed by atoms with E-state index in [1.165, 1.54) is 4.68 Å². The van der Waals surface area contributed by atoms with Crippen molar-refractivity contribution in [1.29, 1.82) is 0 Å². The third kappa shape index (κ3) is 5.71. The number of nitrogens with one attached hydrogen (secondary N) is 1. The lowest BCUT2D eigenvalue weighted by molar-refractivity contribution is 0.0691. The number of rotatable bonds is 9. The van der Waals surface area contributed by atoms with E-state index in [1.54, 1.807) is 20.4 Å². The van der Waals surface area contributed by atoms with Gasteiger partial charge in [-0.2, -0.15) is 5.10 Å². The molecule has 19 heavy (non-hydrogen) atoms. The van der Waals surface area contributed by atoms with E-state index in [4.69, 9.17) is 9.47 Å². The van der Waals surface area contributed by atoms with E-state index < -0.39 is 0 Å². The topological polar surface area (TPSA) is 65.4 Å². The molecule has 1 rings (SSSR count). The second-order valence-electron chi connectivity index (χ2n) is 4.04. The van der Waals surface area contributed by atoms with Crippen molar-refractivity contribution in [1.82, 2.24) is 9.78 Å². The van der Waals surface area contributed by atoms with E-state index >= 15 is 0 Å². The molecule has 1 aromatic heterocycles. The summed E-state index contributed by atoms with van der Waals surface area (Å²) in [6, 6.07) is 0. The lowest BCUT2D eigenvalue weighted by Gasteiger charge is -2.08. The molecule has 6 nitrogen and oxygen atoms in total. The van der Waals surface area contributed by atoms with Crippen molar-refractivity contribution < 1.29 is 9.47 Å². The molecule has 0 aliphatic carbocycles. The van der Waals surface area contributed by atoms with Crippen LogP contribution in [-0.2, 0) is 16.5 Å². The van der Waals surface area contributed by atoms with Crippen LogP contribution < -0.4 is 10.9 Å². The van der Waals surface area contributed by atoms with Crippen LogP contribution in [0.1, 0.15) is 12.8 Å². The highest BCUT2D eigenvalue weighted by Gasteiger charge is 2.05. The highest BCUT2D eigenvalue weighted by atomic mass is 79.9. The highest BCUT2D eigenvalue weighted by Crippen LogP contribution is 2.15. The van der Waals surface area contributed by atoms with Crippen molar-refractivity contribution in [3.8, 4) is 0 Å². The van der Waals surface area contributed by atoms with Crippen LogP contribution in [0.4, 0.5) is 5.69 Å². The fourth-order valence-corrected chi connectivity index (χ4v) is 1.93. The molecule has 0 amide bonds. The lowest BCUT2D eigenvalue weighted by atomic mass is 10.3. The molecule has 1 aromatic rings. The summed E-state index contributed by atoms with van der Waals surface area (Å²) in [5.41, 5.74) is 0.580. The third-order valence-corrected chi connectivity index (χ3v) is 3.31. The van der Waals surface area contributed by atoms with Gasteiger partial charge in [-0.25, -0.2) is 4.68 Å². The van der Waals surface area contributed by atoms with Crippen molar-refractivity contribution in [2.45, 2.75) is 12.8 Å². The molecule has 0 unspecified atom stereocenters. The van der Waals surface area contributed by atoms with E-state index in [1.807, 2.05) is 0 Å². The van der Waals surface area contributed by atoms with Crippen molar-refractivity contribution >= 4 is 21.6 Å². The molecular weight excluding hydrogens is 314 g/mol. The Labute approximate surface area is 121 Å². The molecule has 0 atom stereocenters. The average molecular weight is 334 g/mol. The second-order valence-corrected chi connectivity index (χ2v) is 4.83. The number of hydrogen-bond acceptors (Lipinski definition) is 5. The van der Waals surface area contributed by atoms with Crippen LogP contribution in [0.15, 0.2) is 15.5 Å². The van der Waals surface area contributed by atoms with Crippen LogP contribution in [0.3, 0.4) is 0 Å². The molecule has 0 aliphatic rings. The minimum atomic E-state index is -0.145. The van der Waals surface area contributed by atoms with Gasteiger partial charge in [-0.15, -0.1) is 0 Å². The predicted octanol–water partition coefficient (Wildman–Crippen LogP) is 1.40. The summed E-state index contributed by atoms with van der Waals surface area (Å²) in [5, 5.41) is 7.14. The van der Waals surface area contributed by atoms with Crippen LogP contribution in [0.2, 0.25) is 0 Å². The summed E-state index contributed by atoms with van der Waals surface area (Å²) in [4.78, 5) is 11.6. The van der Waals surface area contributed by atoms with Crippen molar-refractivity contribution in [2.75, 3.05) is 38.8 Å². The van der Waals surface area contributed by atoms with Crippen molar-refractivity contribution in [2.24, 2.45) is 7.05 Å². The first-order valence-electron chi connectivity index (χ1n) is 6.19. The summed E-state index contributed by atoms with van der Waals surface area (Å²) >= 11 is 3.27. The lowest BCUT2D eigenvalue weighted by Crippen LogP contribution is -2.21. The summed E-state index contributed by atoms with van der Waals surface area (Å²) < 4.78 is 12.0. The first kappa shape index (κ1) is 16.1. The van der Waals surface area contributed by atoms with Gasteiger partial charge < -0.3 is 14.8 Å². The van der Waals surface area contributed by atoms with Crippen LogP contribution >= 0.6 is 15.9 Å². The van der Waals surface area contributed by atoms with Gasteiger partial charge >= 0.3 is 0 Å². The zero-order valence-corrected chi connectivity index (χ0v) is 12.9. The summed E-state index contributed by atoms with van der Waals surface area (Å²) in [5.74, 6) is 0. The minimum absolute atomic E-state index is 0.145. The van der Waals surface area contributed by atoms with Gasteiger partial charge in [0, 0.05) is 27.3 Å². The Kier molecular flexibility index (Phi) is 7.69. The maximum atomic E-state index is 11.6. The van der Waals surface area contributed by atoms with E-state index in [0.717, 1.165) is 31.7 Å². The molecule has 0 aromatic carbocycles. The Bertz CT molecular complexity index is 437. The van der Waals surface area contributed by atoms with Gasteiger partial charge in [-0.1, -0.05) is 0 Å². The maximum absolute atomic E-state index is 11.6. The number of nitrogens with zero attached hydrogens (tertiary/aromatic N) is 2. The average Bonchev–Trinajstić information content (AvgIpc) is 2.41. The van der Waals surface area contributed by atoms with E-state index in [2.05, 4.69) is 26.3 Å². The van der Waals surface area contributed by atoms with E-state index in [9.17, 15) is 4.79 Å². The van der Waals surface area contributed by atoms with E-state index in [-0.39, 0.29) is 5.56 Å². The summed E-state index contributed by atoms with van der Waals surface area (Å²) in [6.07, 6.45) is 3.57. The predicted molar refractivity (Wildman–Crippen MR) is 77.6 cm³/mol. The fourth-order valence-electron chi connectivity index (χ4n) is 1.43. The number of aromatic nitrogens is 2. The summed E-state index contributed by atoms with van der Waals surface area (Å²) in [7, 11) is 3.28. The Balaban J connectivity index is 2.20. The molecule has 0 saturated heterocycles. The molecular formula is C12H20BrN3O3. The number of aryl methyl sites for hydroxylation is 1. The Morgan fingerprint density at radius 2 is 2.16 bits per heavy atom. The van der Waals surface area contributed by atoms with Gasteiger partial charge in [0.2, 0.25) is 0 Å². The maximum Gasteiger partial charge on any atom is 0.282 e. The van der Waals surface area contributed by atoms with Crippen LogP contribution in [0.5, 0.6) is 0 Å². The molecule has 0 bridgehead atoms. The Morgan fingerprint density at radius 3 is 2.89 bits per heavy atom. The number of methoxy groups -OCH3 is 1. The molecule has 0 fully saturated rings. The zero-order chi connectivity index (χ0) is 14.1. The number of halogens is 1. The molecule has 0 saturated carbocycles. The number of ether oxygens (including phenoxy) is 2.